The Morgan fingerprint density at radius 3 is 2.67 bits per heavy atom. The van der Waals surface area contributed by atoms with Gasteiger partial charge in [-0.2, -0.15) is 0 Å². The molecule has 96 valence electrons. The number of amides is 3. The molecular weight excluding hydrogens is 242 g/mol. The van der Waals surface area contributed by atoms with E-state index in [1.165, 1.54) is 0 Å². The lowest BCUT2D eigenvalue weighted by molar-refractivity contribution is -0.118. The van der Waals surface area contributed by atoms with Crippen molar-refractivity contribution in [2.45, 2.75) is 25.8 Å². The second-order valence-corrected chi connectivity index (χ2v) is 4.06. The number of carbonyl (C=O) groups is 2. The third-order valence-electron chi connectivity index (χ3n) is 2.75. The van der Waals surface area contributed by atoms with Crippen LogP contribution in [0.25, 0.3) is 0 Å². The molecule has 1 atom stereocenters. The van der Waals surface area contributed by atoms with Crippen LogP contribution >= 0.6 is 0 Å². The van der Waals surface area contributed by atoms with Crippen molar-refractivity contribution < 1.29 is 18.4 Å². The van der Waals surface area contributed by atoms with Gasteiger partial charge >= 0.3 is 6.03 Å². The standard InChI is InChI=1S/C12H12F2N2O2/c1-2-3-9-11(17)16(12(18)15-9)10-5-4-7(13)6-8(10)14/h4-6,9H,2-3H2,1H3,(H,15,18). The Kier molecular flexibility index (Phi) is 3.27. The summed E-state index contributed by atoms with van der Waals surface area (Å²) in [6.07, 6.45) is 1.21. The molecule has 1 fully saturated rings. The van der Waals surface area contributed by atoms with Crippen LogP contribution in [0.3, 0.4) is 0 Å². The molecule has 4 nitrogen and oxygen atoms in total. The zero-order chi connectivity index (χ0) is 13.3. The molecule has 0 spiro atoms. The summed E-state index contributed by atoms with van der Waals surface area (Å²) in [5, 5.41) is 2.47. The van der Waals surface area contributed by atoms with Crippen molar-refractivity contribution in [2.75, 3.05) is 4.90 Å². The monoisotopic (exact) mass is 254 g/mol. The summed E-state index contributed by atoms with van der Waals surface area (Å²) >= 11 is 0. The minimum absolute atomic E-state index is 0.225. The summed E-state index contributed by atoms with van der Waals surface area (Å²) in [5.74, 6) is -2.20. The second kappa shape index (κ2) is 4.72. The Labute approximate surface area is 103 Å². The van der Waals surface area contributed by atoms with Crippen molar-refractivity contribution in [2.24, 2.45) is 0 Å². The van der Waals surface area contributed by atoms with Crippen molar-refractivity contribution in [3.63, 3.8) is 0 Å². The molecule has 1 unspecified atom stereocenters. The van der Waals surface area contributed by atoms with Crippen LogP contribution in [-0.2, 0) is 4.79 Å². The fourth-order valence-corrected chi connectivity index (χ4v) is 1.91. The third kappa shape index (κ3) is 2.05. The molecule has 6 heteroatoms. The Bertz CT molecular complexity index is 505. The average molecular weight is 254 g/mol. The third-order valence-corrected chi connectivity index (χ3v) is 2.75. The van der Waals surface area contributed by atoms with E-state index < -0.39 is 29.6 Å². The van der Waals surface area contributed by atoms with Gasteiger partial charge in [0.15, 0.2) is 0 Å². The van der Waals surface area contributed by atoms with E-state index in [-0.39, 0.29) is 5.69 Å². The summed E-state index contributed by atoms with van der Waals surface area (Å²) < 4.78 is 26.3. The van der Waals surface area contributed by atoms with Gasteiger partial charge in [0.2, 0.25) is 0 Å². The maximum absolute atomic E-state index is 13.5. The largest absolute Gasteiger partial charge is 0.329 e. The Hall–Kier alpha value is -1.98. The molecule has 0 radical (unpaired) electrons. The minimum atomic E-state index is -0.935. The molecule has 1 aliphatic rings. The fourth-order valence-electron chi connectivity index (χ4n) is 1.91. The first kappa shape index (κ1) is 12.5. The zero-order valence-electron chi connectivity index (χ0n) is 9.74. The zero-order valence-corrected chi connectivity index (χ0v) is 9.74. The predicted molar refractivity (Wildman–Crippen MR) is 61.1 cm³/mol. The highest BCUT2D eigenvalue weighted by atomic mass is 19.1. The number of halogens is 2. The van der Waals surface area contributed by atoms with Crippen molar-refractivity contribution >= 4 is 17.6 Å². The van der Waals surface area contributed by atoms with Gasteiger partial charge in [-0.05, 0) is 18.6 Å². The summed E-state index contributed by atoms with van der Waals surface area (Å²) in [6, 6.07) is 1.42. The first-order valence-corrected chi connectivity index (χ1v) is 5.64. The van der Waals surface area contributed by atoms with E-state index in [1.54, 1.807) is 0 Å². The first-order chi connectivity index (χ1) is 8.54. The van der Waals surface area contributed by atoms with Gasteiger partial charge in [0, 0.05) is 6.07 Å². The van der Waals surface area contributed by atoms with E-state index in [0.717, 1.165) is 23.5 Å². The highest BCUT2D eigenvalue weighted by molar-refractivity contribution is 6.21. The van der Waals surface area contributed by atoms with E-state index in [1.807, 2.05) is 6.92 Å². The Balaban J connectivity index is 2.33. The van der Waals surface area contributed by atoms with Gasteiger partial charge in [0.1, 0.15) is 17.7 Å². The summed E-state index contributed by atoms with van der Waals surface area (Å²) in [6.45, 7) is 1.88. The molecule has 0 aromatic heterocycles. The number of hydrogen-bond donors (Lipinski definition) is 1. The van der Waals surface area contributed by atoms with Crippen LogP contribution in [0.15, 0.2) is 18.2 Å². The van der Waals surface area contributed by atoms with E-state index in [9.17, 15) is 18.4 Å². The van der Waals surface area contributed by atoms with Crippen molar-refractivity contribution in [3.8, 4) is 0 Å². The molecule has 1 N–H and O–H groups in total. The van der Waals surface area contributed by atoms with Crippen LogP contribution in [-0.4, -0.2) is 18.0 Å². The van der Waals surface area contributed by atoms with Crippen LogP contribution < -0.4 is 10.2 Å². The van der Waals surface area contributed by atoms with Crippen LogP contribution in [0.4, 0.5) is 19.3 Å². The summed E-state index contributed by atoms with van der Waals surface area (Å²) in [4.78, 5) is 24.3. The molecule has 2 rings (SSSR count). The molecule has 1 heterocycles. The number of anilines is 1. The van der Waals surface area contributed by atoms with E-state index in [0.29, 0.717) is 12.5 Å². The van der Waals surface area contributed by atoms with Crippen LogP contribution in [0.2, 0.25) is 0 Å². The number of hydrogen-bond acceptors (Lipinski definition) is 2. The van der Waals surface area contributed by atoms with Gasteiger partial charge < -0.3 is 5.32 Å². The van der Waals surface area contributed by atoms with Gasteiger partial charge in [0.05, 0.1) is 5.69 Å². The van der Waals surface area contributed by atoms with Crippen molar-refractivity contribution in [1.29, 1.82) is 0 Å². The highest BCUT2D eigenvalue weighted by Crippen LogP contribution is 2.24. The van der Waals surface area contributed by atoms with Gasteiger partial charge in [-0.1, -0.05) is 13.3 Å². The summed E-state index contributed by atoms with van der Waals surface area (Å²) in [7, 11) is 0. The van der Waals surface area contributed by atoms with Crippen LogP contribution in [0, 0.1) is 11.6 Å². The maximum atomic E-state index is 13.5. The van der Waals surface area contributed by atoms with Crippen LogP contribution in [0.1, 0.15) is 19.8 Å². The molecule has 18 heavy (non-hydrogen) atoms. The molecule has 0 saturated carbocycles. The number of imide groups is 1. The number of rotatable bonds is 3. The van der Waals surface area contributed by atoms with E-state index >= 15 is 0 Å². The first-order valence-electron chi connectivity index (χ1n) is 5.64. The molecule has 0 aliphatic carbocycles. The van der Waals surface area contributed by atoms with Crippen molar-refractivity contribution in [3.05, 3.63) is 29.8 Å². The highest BCUT2D eigenvalue weighted by Gasteiger charge is 2.39. The second-order valence-electron chi connectivity index (χ2n) is 4.06. The van der Waals surface area contributed by atoms with Crippen molar-refractivity contribution in [1.82, 2.24) is 5.32 Å². The SMILES string of the molecule is CCCC1NC(=O)N(c2ccc(F)cc2F)C1=O. The smallest absolute Gasteiger partial charge is 0.325 e. The summed E-state index contributed by atoms with van der Waals surface area (Å²) in [5.41, 5.74) is -0.225. The van der Waals surface area contributed by atoms with E-state index in [2.05, 4.69) is 5.32 Å². The molecular formula is C12H12F2N2O2. The van der Waals surface area contributed by atoms with Crippen LogP contribution in [0.5, 0.6) is 0 Å². The Morgan fingerprint density at radius 2 is 2.06 bits per heavy atom. The predicted octanol–water partition coefficient (Wildman–Crippen LogP) is 2.19. The van der Waals surface area contributed by atoms with Gasteiger partial charge in [0.25, 0.3) is 5.91 Å². The maximum Gasteiger partial charge on any atom is 0.329 e. The molecule has 0 bridgehead atoms. The molecule has 1 aromatic rings. The average Bonchev–Trinajstić information content (AvgIpc) is 2.56. The van der Waals surface area contributed by atoms with Gasteiger partial charge in [-0.15, -0.1) is 0 Å². The molecule has 1 aromatic carbocycles. The number of benzene rings is 1. The lowest BCUT2D eigenvalue weighted by atomic mass is 10.1. The lowest BCUT2D eigenvalue weighted by Crippen LogP contribution is -2.32. The van der Waals surface area contributed by atoms with Gasteiger partial charge in [-0.3, -0.25) is 4.79 Å². The number of nitrogens with zero attached hydrogens (tertiary/aromatic N) is 1. The molecule has 1 aliphatic heterocycles. The number of urea groups is 1. The molecule has 1 saturated heterocycles. The normalized spacial score (nSPS) is 19.3. The Morgan fingerprint density at radius 1 is 1.33 bits per heavy atom. The number of carbonyl (C=O) groups excluding carboxylic acids is 2. The molecule has 3 amide bonds. The van der Waals surface area contributed by atoms with Gasteiger partial charge in [-0.25, -0.2) is 18.5 Å². The fraction of sp³-hybridized carbons (Fsp3) is 0.333. The minimum Gasteiger partial charge on any atom is -0.325 e. The topological polar surface area (TPSA) is 49.4 Å². The van der Waals surface area contributed by atoms with E-state index in [4.69, 9.17) is 0 Å². The number of nitrogens with one attached hydrogen (secondary N) is 1. The quantitative estimate of drug-likeness (QED) is 0.840. The lowest BCUT2D eigenvalue weighted by Gasteiger charge is -2.13.